The smallest absolute Gasteiger partial charge is 0.333 e. The lowest BCUT2D eigenvalue weighted by molar-refractivity contribution is -0.138. The van der Waals surface area contributed by atoms with Crippen molar-refractivity contribution in [2.24, 2.45) is 0 Å². The predicted molar refractivity (Wildman–Crippen MR) is 69.4 cm³/mol. The third-order valence-electron chi connectivity index (χ3n) is 2.78. The third kappa shape index (κ3) is 5.11. The molecular formula is C13H20N2O4. The maximum atomic E-state index is 11.8. The minimum absolute atomic E-state index is 0.0689. The van der Waals surface area contributed by atoms with Crippen LogP contribution in [0.4, 0.5) is 4.79 Å². The summed E-state index contributed by atoms with van der Waals surface area (Å²) in [5.74, 6) is -0.631. The van der Waals surface area contributed by atoms with Crippen molar-refractivity contribution in [1.82, 2.24) is 10.2 Å². The number of hydrogen-bond acceptors (Lipinski definition) is 4. The van der Waals surface area contributed by atoms with E-state index in [2.05, 4.69) is 11.9 Å². The van der Waals surface area contributed by atoms with Gasteiger partial charge in [0.2, 0.25) is 5.91 Å². The molecule has 1 saturated heterocycles. The van der Waals surface area contributed by atoms with Crippen LogP contribution in [0.5, 0.6) is 0 Å². The molecule has 0 radical (unpaired) electrons. The molecule has 1 N–H and O–H groups in total. The molecule has 0 atom stereocenters. The molecule has 0 spiro atoms. The van der Waals surface area contributed by atoms with Crippen LogP contribution < -0.4 is 5.32 Å². The highest BCUT2D eigenvalue weighted by molar-refractivity contribution is 5.94. The van der Waals surface area contributed by atoms with E-state index in [4.69, 9.17) is 4.74 Å². The fraction of sp³-hybridized carbons (Fsp3) is 0.615. The number of carbonyl (C=O) groups excluding carboxylic acids is 3. The number of nitrogens with one attached hydrogen (secondary N) is 1. The highest BCUT2D eigenvalue weighted by atomic mass is 16.5. The first-order valence-corrected chi connectivity index (χ1v) is 6.43. The summed E-state index contributed by atoms with van der Waals surface area (Å²) >= 11 is 0. The minimum Gasteiger partial charge on any atom is -0.460 e. The number of urea groups is 1. The summed E-state index contributed by atoms with van der Waals surface area (Å²) in [6, 6.07) is -0.418. The van der Waals surface area contributed by atoms with Gasteiger partial charge in [0.15, 0.2) is 0 Å². The Labute approximate surface area is 112 Å². The second kappa shape index (κ2) is 7.56. The lowest BCUT2D eigenvalue weighted by Crippen LogP contribution is -2.44. The SMILES string of the molecule is C=C(C)C(=O)OCCNC(=O)N1CCCCCC1=O. The van der Waals surface area contributed by atoms with Crippen LogP contribution in [0.3, 0.4) is 0 Å². The Morgan fingerprint density at radius 1 is 1.37 bits per heavy atom. The Morgan fingerprint density at radius 2 is 2.11 bits per heavy atom. The molecular weight excluding hydrogens is 248 g/mol. The first-order valence-electron chi connectivity index (χ1n) is 6.43. The van der Waals surface area contributed by atoms with Gasteiger partial charge in [-0.25, -0.2) is 9.59 Å². The van der Waals surface area contributed by atoms with Crippen LogP contribution in [0.15, 0.2) is 12.2 Å². The lowest BCUT2D eigenvalue weighted by atomic mass is 10.2. The molecule has 1 aliphatic heterocycles. The Bertz CT molecular complexity index is 379. The molecule has 0 aromatic carbocycles. The molecule has 1 fully saturated rings. The van der Waals surface area contributed by atoms with Crippen molar-refractivity contribution in [3.8, 4) is 0 Å². The van der Waals surface area contributed by atoms with Crippen molar-refractivity contribution in [2.45, 2.75) is 32.6 Å². The van der Waals surface area contributed by atoms with Gasteiger partial charge in [0, 0.05) is 18.5 Å². The number of amides is 3. The summed E-state index contributed by atoms with van der Waals surface area (Å²) in [5.41, 5.74) is 0.314. The molecule has 0 saturated carbocycles. The minimum atomic E-state index is -0.486. The number of carbonyl (C=O) groups is 3. The Kier molecular flexibility index (Phi) is 6.05. The molecule has 0 unspecified atom stereocenters. The van der Waals surface area contributed by atoms with Gasteiger partial charge in [-0.2, -0.15) is 0 Å². The van der Waals surface area contributed by atoms with Gasteiger partial charge < -0.3 is 10.1 Å². The zero-order valence-electron chi connectivity index (χ0n) is 11.2. The summed E-state index contributed by atoms with van der Waals surface area (Å²) in [5, 5.41) is 2.56. The van der Waals surface area contributed by atoms with Crippen molar-refractivity contribution >= 4 is 17.9 Å². The van der Waals surface area contributed by atoms with Crippen molar-refractivity contribution in [1.29, 1.82) is 0 Å². The molecule has 0 bridgehead atoms. The number of rotatable bonds is 4. The molecule has 1 heterocycles. The van der Waals surface area contributed by atoms with Gasteiger partial charge in [0.25, 0.3) is 0 Å². The molecule has 3 amide bonds. The molecule has 0 aromatic rings. The van der Waals surface area contributed by atoms with Crippen molar-refractivity contribution in [2.75, 3.05) is 19.7 Å². The maximum absolute atomic E-state index is 11.8. The first-order chi connectivity index (χ1) is 9.02. The van der Waals surface area contributed by atoms with E-state index in [1.54, 1.807) is 6.92 Å². The largest absolute Gasteiger partial charge is 0.460 e. The van der Waals surface area contributed by atoms with E-state index in [-0.39, 0.29) is 19.1 Å². The van der Waals surface area contributed by atoms with Gasteiger partial charge >= 0.3 is 12.0 Å². The number of likely N-dealkylation sites (tertiary alicyclic amines) is 1. The number of nitrogens with zero attached hydrogens (tertiary/aromatic N) is 1. The summed E-state index contributed by atoms with van der Waals surface area (Å²) in [6.07, 6.45) is 3.05. The van der Waals surface area contributed by atoms with Crippen molar-refractivity contribution in [3.63, 3.8) is 0 Å². The van der Waals surface area contributed by atoms with Crippen LogP contribution in [0.1, 0.15) is 32.6 Å². The average molecular weight is 268 g/mol. The maximum Gasteiger partial charge on any atom is 0.333 e. The zero-order chi connectivity index (χ0) is 14.3. The summed E-state index contributed by atoms with van der Waals surface area (Å²) in [6.45, 7) is 5.71. The van der Waals surface area contributed by atoms with E-state index < -0.39 is 12.0 Å². The van der Waals surface area contributed by atoms with Crippen LogP contribution in [-0.2, 0) is 14.3 Å². The highest BCUT2D eigenvalue weighted by Gasteiger charge is 2.22. The van der Waals surface area contributed by atoms with Crippen LogP contribution in [0.25, 0.3) is 0 Å². The number of esters is 1. The molecule has 106 valence electrons. The third-order valence-corrected chi connectivity index (χ3v) is 2.78. The predicted octanol–water partition coefficient (Wildman–Crippen LogP) is 1.22. The summed E-state index contributed by atoms with van der Waals surface area (Å²) in [4.78, 5) is 35.7. The monoisotopic (exact) mass is 268 g/mol. The second-order valence-electron chi connectivity index (χ2n) is 4.50. The molecule has 0 aromatic heterocycles. The summed E-state index contributed by atoms with van der Waals surface area (Å²) in [7, 11) is 0. The standard InChI is InChI=1S/C13H20N2O4/c1-10(2)12(17)19-9-7-14-13(18)15-8-5-3-4-6-11(15)16/h1,3-9H2,2H3,(H,14,18). The van der Waals surface area contributed by atoms with E-state index >= 15 is 0 Å². The molecule has 6 heteroatoms. The highest BCUT2D eigenvalue weighted by Crippen LogP contribution is 2.10. The van der Waals surface area contributed by atoms with E-state index in [0.717, 1.165) is 19.3 Å². The van der Waals surface area contributed by atoms with Gasteiger partial charge in [-0.1, -0.05) is 13.0 Å². The molecule has 6 nitrogen and oxygen atoms in total. The van der Waals surface area contributed by atoms with E-state index in [1.165, 1.54) is 4.90 Å². The van der Waals surface area contributed by atoms with E-state index in [1.807, 2.05) is 0 Å². The van der Waals surface area contributed by atoms with Crippen LogP contribution in [0.2, 0.25) is 0 Å². The van der Waals surface area contributed by atoms with Gasteiger partial charge in [-0.05, 0) is 19.8 Å². The van der Waals surface area contributed by atoms with Crippen LogP contribution in [0, 0.1) is 0 Å². The zero-order valence-corrected chi connectivity index (χ0v) is 11.2. The fourth-order valence-electron chi connectivity index (χ4n) is 1.72. The Hall–Kier alpha value is -1.85. The van der Waals surface area contributed by atoms with Gasteiger partial charge in [0.1, 0.15) is 6.61 Å². The van der Waals surface area contributed by atoms with Crippen LogP contribution >= 0.6 is 0 Å². The van der Waals surface area contributed by atoms with Gasteiger partial charge in [0.05, 0.1) is 6.54 Å². The summed E-state index contributed by atoms with van der Waals surface area (Å²) < 4.78 is 4.84. The first kappa shape index (κ1) is 15.2. The van der Waals surface area contributed by atoms with Gasteiger partial charge in [-0.3, -0.25) is 9.69 Å². The number of imide groups is 1. The quantitative estimate of drug-likeness (QED) is 0.472. The Balaban J connectivity index is 2.28. The normalized spacial score (nSPS) is 15.6. The number of hydrogen-bond donors (Lipinski definition) is 1. The van der Waals surface area contributed by atoms with E-state index in [0.29, 0.717) is 18.5 Å². The van der Waals surface area contributed by atoms with E-state index in [9.17, 15) is 14.4 Å². The molecule has 1 rings (SSSR count). The average Bonchev–Trinajstić information content (AvgIpc) is 2.58. The van der Waals surface area contributed by atoms with Crippen molar-refractivity contribution in [3.05, 3.63) is 12.2 Å². The number of ether oxygens (including phenoxy) is 1. The topological polar surface area (TPSA) is 75.7 Å². The fourth-order valence-corrected chi connectivity index (χ4v) is 1.72. The van der Waals surface area contributed by atoms with Crippen LogP contribution in [-0.4, -0.2) is 42.5 Å². The second-order valence-corrected chi connectivity index (χ2v) is 4.50. The van der Waals surface area contributed by atoms with Gasteiger partial charge in [-0.15, -0.1) is 0 Å². The van der Waals surface area contributed by atoms with Crippen molar-refractivity contribution < 1.29 is 19.1 Å². The lowest BCUT2D eigenvalue weighted by Gasteiger charge is -2.18. The molecule has 1 aliphatic rings. The molecule has 0 aliphatic carbocycles. The Morgan fingerprint density at radius 3 is 2.79 bits per heavy atom. The molecule has 19 heavy (non-hydrogen) atoms.